The molecule has 0 aromatic heterocycles. The Morgan fingerprint density at radius 1 is 0.875 bits per heavy atom. The molecule has 0 aliphatic carbocycles. The Morgan fingerprint density at radius 2 is 1.25 bits per heavy atom. The minimum absolute atomic E-state index is 0.378. The van der Waals surface area contributed by atoms with Gasteiger partial charge in [-0.25, -0.2) is 0 Å². The van der Waals surface area contributed by atoms with E-state index in [4.69, 9.17) is 9.11 Å². The second-order valence-corrected chi connectivity index (χ2v) is 6.25. The molecule has 0 aromatic carbocycles. The van der Waals surface area contributed by atoms with E-state index < -0.39 is 20.8 Å². The summed E-state index contributed by atoms with van der Waals surface area (Å²) in [6.45, 7) is 13.0. The quantitative estimate of drug-likeness (QED) is 0.255. The molecule has 24 heavy (non-hydrogen) atoms. The van der Waals surface area contributed by atoms with Crippen LogP contribution in [-0.2, 0) is 29.5 Å². The lowest BCUT2D eigenvalue weighted by molar-refractivity contribution is -0.105. The summed E-state index contributed by atoms with van der Waals surface area (Å²) in [7, 11) is -10.0. The summed E-state index contributed by atoms with van der Waals surface area (Å²) in [5, 5.41) is 0. The van der Waals surface area contributed by atoms with Crippen molar-refractivity contribution in [2.24, 2.45) is 0 Å². The topological polar surface area (TPSA) is 134 Å². The molecule has 0 amide bonds. The fourth-order valence-electron chi connectivity index (χ4n) is 1.71. The fourth-order valence-corrected chi connectivity index (χ4v) is 2.28. The summed E-state index contributed by atoms with van der Waals surface area (Å²) in [5.41, 5.74) is 0. The largest absolute Gasteiger partial charge is 0.425 e. The van der Waals surface area contributed by atoms with Crippen LogP contribution in [0.3, 0.4) is 0 Å². The Morgan fingerprint density at radius 3 is 1.50 bits per heavy atom. The van der Waals surface area contributed by atoms with Crippen molar-refractivity contribution in [1.82, 2.24) is 9.80 Å². The molecule has 12 heteroatoms. The van der Waals surface area contributed by atoms with Gasteiger partial charge in [-0.15, -0.1) is 19.7 Å². The first-order valence-corrected chi connectivity index (χ1v) is 9.12. The van der Waals surface area contributed by atoms with Gasteiger partial charge in [0.15, 0.2) is 0 Å². The molecule has 0 aromatic rings. The third-order valence-corrected chi connectivity index (χ3v) is 3.04. The molecule has 0 bridgehead atoms. The smallest absolute Gasteiger partial charge is 0.352 e. The van der Waals surface area contributed by atoms with Crippen molar-refractivity contribution in [1.29, 1.82) is 0 Å². The molecule has 0 unspecified atom stereocenters. The van der Waals surface area contributed by atoms with Crippen LogP contribution in [0.15, 0.2) is 50.4 Å². The fraction of sp³-hybridized carbons (Fsp3) is 0.333. The lowest BCUT2D eigenvalue weighted by atomic mass is 10.3. The van der Waals surface area contributed by atoms with Gasteiger partial charge in [-0.05, 0) is 0 Å². The van der Waals surface area contributed by atoms with E-state index in [9.17, 15) is 16.8 Å². The van der Waals surface area contributed by atoms with Crippen LogP contribution in [0.1, 0.15) is 6.42 Å². The molecular formula is C12H20N2O8S2. The van der Waals surface area contributed by atoms with E-state index in [1.807, 2.05) is 18.2 Å². The highest BCUT2D eigenvalue weighted by molar-refractivity contribution is 7.83. The van der Waals surface area contributed by atoms with E-state index in [1.54, 1.807) is 0 Å². The monoisotopic (exact) mass is 384 g/mol. The molecule has 0 atom stereocenters. The normalized spacial score (nSPS) is 14.9. The van der Waals surface area contributed by atoms with E-state index in [0.717, 1.165) is 19.5 Å². The van der Waals surface area contributed by atoms with E-state index in [0.29, 0.717) is 6.17 Å². The van der Waals surface area contributed by atoms with Gasteiger partial charge in [-0.2, -0.15) is 16.8 Å². The number of nitrogens with zero attached hydrogens (tertiary/aromatic N) is 2. The molecule has 0 saturated carbocycles. The molecule has 0 fully saturated rings. The molecular weight excluding hydrogens is 364 g/mol. The summed E-state index contributed by atoms with van der Waals surface area (Å²) in [6.07, 6.45) is 11.3. The van der Waals surface area contributed by atoms with Crippen molar-refractivity contribution in [3.8, 4) is 0 Å². The first kappa shape index (κ1) is 22.3. The Balaban J connectivity index is 0.000000470. The van der Waals surface area contributed by atoms with E-state index in [2.05, 4.69) is 50.6 Å². The number of rotatable bonds is 9. The van der Waals surface area contributed by atoms with Gasteiger partial charge >= 0.3 is 20.8 Å². The summed E-state index contributed by atoms with van der Waals surface area (Å²) >= 11 is 0. The van der Waals surface area contributed by atoms with Gasteiger partial charge in [0, 0.05) is 31.9 Å². The second-order valence-electron chi connectivity index (χ2n) is 4.27. The van der Waals surface area contributed by atoms with Crippen molar-refractivity contribution >= 4 is 20.8 Å². The minimum Gasteiger partial charge on any atom is -0.352 e. The number of hydrogen-bond donors (Lipinski definition) is 2. The molecule has 1 rings (SSSR count). The molecule has 1 aliphatic rings. The van der Waals surface area contributed by atoms with Crippen molar-refractivity contribution in [3.05, 3.63) is 50.4 Å². The molecule has 0 saturated heterocycles. The Labute approximate surface area is 141 Å². The van der Waals surface area contributed by atoms with Crippen LogP contribution in [0.4, 0.5) is 0 Å². The van der Waals surface area contributed by atoms with Crippen molar-refractivity contribution in [2.75, 3.05) is 13.1 Å². The van der Waals surface area contributed by atoms with Crippen LogP contribution in [0, 0.1) is 0 Å². The van der Waals surface area contributed by atoms with Gasteiger partial charge in [0.05, 0.1) is 0 Å². The summed E-state index contributed by atoms with van der Waals surface area (Å²) in [4.78, 5) is 4.50. The van der Waals surface area contributed by atoms with E-state index in [1.165, 1.54) is 0 Å². The van der Waals surface area contributed by atoms with Gasteiger partial charge in [0.2, 0.25) is 0 Å². The third kappa shape index (κ3) is 10.1. The summed E-state index contributed by atoms with van der Waals surface area (Å²) < 4.78 is 58.9. The lowest BCUT2D eigenvalue weighted by Gasteiger charge is -2.30. The average Bonchev–Trinajstić information content (AvgIpc) is 2.80. The number of hydrogen-bond acceptors (Lipinski definition) is 8. The third-order valence-electron chi connectivity index (χ3n) is 2.47. The zero-order valence-corrected chi connectivity index (χ0v) is 14.4. The molecule has 10 nitrogen and oxygen atoms in total. The summed E-state index contributed by atoms with van der Waals surface area (Å²) in [5.74, 6) is 0. The lowest BCUT2D eigenvalue weighted by Crippen LogP contribution is -2.38. The SMILES string of the molecule is C=CCC1N(CC=C)C=CN1CC=C.O=S(=O)(O)OOS(=O)(=O)O. The van der Waals surface area contributed by atoms with E-state index in [-0.39, 0.29) is 0 Å². The van der Waals surface area contributed by atoms with Gasteiger partial charge in [0.1, 0.15) is 6.17 Å². The summed E-state index contributed by atoms with van der Waals surface area (Å²) in [6, 6.07) is 0. The molecule has 1 heterocycles. The maximum Gasteiger partial charge on any atom is 0.425 e. The Kier molecular flexibility index (Phi) is 9.50. The molecule has 0 spiro atoms. The Hall–Kier alpha value is -1.70. The maximum absolute atomic E-state index is 9.51. The molecule has 2 N–H and O–H groups in total. The standard InChI is InChI=1S/C12H18N2.H2O8S2/c1-4-7-12-13(8-5-2)10-11-14(12)9-6-3;1-9(2,3)7-8-10(4,5)6/h4-6,10-12H,1-3,7-9H2;(H,1,2,3)(H,4,5,6). The van der Waals surface area contributed by atoms with Crippen molar-refractivity contribution in [2.45, 2.75) is 12.6 Å². The average molecular weight is 384 g/mol. The predicted octanol–water partition coefficient (Wildman–Crippen LogP) is 0.890. The van der Waals surface area contributed by atoms with Crippen LogP contribution >= 0.6 is 0 Å². The first-order chi connectivity index (χ1) is 11.0. The van der Waals surface area contributed by atoms with Gasteiger partial charge in [-0.3, -0.25) is 9.11 Å². The van der Waals surface area contributed by atoms with Gasteiger partial charge < -0.3 is 9.80 Å². The zero-order valence-electron chi connectivity index (χ0n) is 12.8. The molecule has 1 aliphatic heterocycles. The minimum atomic E-state index is -5.02. The highest BCUT2D eigenvalue weighted by Crippen LogP contribution is 2.18. The maximum atomic E-state index is 9.51. The highest BCUT2D eigenvalue weighted by atomic mass is 32.3. The highest BCUT2D eigenvalue weighted by Gasteiger charge is 2.22. The van der Waals surface area contributed by atoms with Crippen molar-refractivity contribution in [3.63, 3.8) is 0 Å². The Bertz CT molecular complexity index is 605. The second kappa shape index (κ2) is 10.2. The van der Waals surface area contributed by atoms with Crippen LogP contribution < -0.4 is 0 Å². The predicted molar refractivity (Wildman–Crippen MR) is 86.8 cm³/mol. The van der Waals surface area contributed by atoms with Gasteiger partial charge in [0.25, 0.3) is 0 Å². The van der Waals surface area contributed by atoms with Crippen LogP contribution in [0.25, 0.3) is 0 Å². The molecule has 138 valence electrons. The molecule has 0 radical (unpaired) electrons. The van der Waals surface area contributed by atoms with E-state index >= 15 is 0 Å². The van der Waals surface area contributed by atoms with Gasteiger partial charge in [-0.1, -0.05) is 26.9 Å². The first-order valence-electron chi connectivity index (χ1n) is 6.39. The van der Waals surface area contributed by atoms with Crippen molar-refractivity contribution < 1.29 is 34.6 Å². The van der Waals surface area contributed by atoms with Crippen LogP contribution in [-0.4, -0.2) is 55.0 Å². The van der Waals surface area contributed by atoms with Crippen LogP contribution in [0.2, 0.25) is 0 Å². The zero-order chi connectivity index (χ0) is 18.8. The van der Waals surface area contributed by atoms with Crippen LogP contribution in [0.5, 0.6) is 0 Å².